The van der Waals surface area contributed by atoms with E-state index in [2.05, 4.69) is 29.0 Å². The highest BCUT2D eigenvalue weighted by molar-refractivity contribution is 8.13. The quantitative estimate of drug-likeness (QED) is 0.0291. The Hall–Kier alpha value is -7.00. The Labute approximate surface area is 543 Å². The summed E-state index contributed by atoms with van der Waals surface area (Å²) >= 11 is 0.884. The van der Waals surface area contributed by atoms with Crippen molar-refractivity contribution >= 4 is 70.6 Å². The van der Waals surface area contributed by atoms with Crippen LogP contribution in [0.25, 0.3) is 0 Å². The van der Waals surface area contributed by atoms with Crippen molar-refractivity contribution in [3.8, 4) is 0 Å². The number of nitrogens with one attached hydrogen (secondary N) is 3. The van der Waals surface area contributed by atoms with E-state index in [1.165, 1.54) is 60.5 Å². The van der Waals surface area contributed by atoms with Crippen molar-refractivity contribution < 1.29 is 86.5 Å². The number of anilines is 1. The monoisotopic (exact) mass is 1310 g/mol. The van der Waals surface area contributed by atoms with Crippen LogP contribution in [-0.4, -0.2) is 204 Å². The SMILES string of the molecule is COC1=C(C)C2CC(=C1)CC(C)CCCC(OC)C1(O)C[C@H](OC(=O)N1)[C@@H](C)[C@@H]1O[C@@]1(C)[C@@H](OC(=O)[C@H](C)N(C)C(=O)CCSC(=O)N(C)CCN(C)C(=O)OCc1ccc(NC(=O)OC3/C=C/CCCCC3)c(C(=O)NCCN3C(=O)C=CC3=O)c1)CC(O)C2C. The Morgan fingerprint density at radius 1 is 0.913 bits per heavy atom. The Bertz CT molecular complexity index is 2970. The third-order valence-electron chi connectivity index (χ3n) is 18.9. The van der Waals surface area contributed by atoms with Crippen molar-refractivity contribution in [3.05, 3.63) is 76.6 Å². The standard InChI is InChI=1S/C66H95N7O18S/c1-39-18-17-21-53(86-11)66(84)37-52(89-62(81)69-66)42(4)58-65(6,91-58)54(36-50(74)40(2)47-34-45(32-39)35-51(85-10)41(47)3)90-60(79)43(5)72(9)55(75)26-31-92-64(83)71(8)30-29-70(7)63(82)87-38-44-22-23-49(68-61(80)88-46-19-15-13-12-14-16-20-46)48(33-44)59(78)67-27-28-73-56(76)24-25-57(73)77/h15,19,22-25,33,35,39-40,42-43,46-47,50,52-54,58,74,84H,12-14,16-18,20-21,26-32,34,36-38H2,1-11H3,(H,67,78)(H,68,80)(H,69,81)/b19-15+/t39?,40?,42-,43+,46?,47?,50?,52+,53?,54+,58+,65+,66?/m1/s1. The van der Waals surface area contributed by atoms with E-state index >= 15 is 0 Å². The number of hydrogen-bond acceptors (Lipinski definition) is 19. The molecule has 92 heavy (non-hydrogen) atoms. The normalized spacial score (nSPS) is 29.1. The molecule has 508 valence electrons. The number of methoxy groups -OCH3 is 2. The summed E-state index contributed by atoms with van der Waals surface area (Å²) in [4.78, 5) is 123. The van der Waals surface area contributed by atoms with Gasteiger partial charge >= 0.3 is 24.2 Å². The maximum atomic E-state index is 14.3. The van der Waals surface area contributed by atoms with Crippen molar-refractivity contribution in [2.24, 2.45) is 23.7 Å². The van der Waals surface area contributed by atoms with E-state index in [9.17, 15) is 53.4 Å². The van der Waals surface area contributed by atoms with Gasteiger partial charge in [0.2, 0.25) is 5.91 Å². The van der Waals surface area contributed by atoms with Gasteiger partial charge in [0.25, 0.3) is 23.0 Å². The Morgan fingerprint density at radius 3 is 2.36 bits per heavy atom. The number of thioether (sulfide) groups is 1. The zero-order valence-electron chi connectivity index (χ0n) is 55.0. The van der Waals surface area contributed by atoms with Gasteiger partial charge < -0.3 is 63.4 Å². The second kappa shape index (κ2) is 32.7. The Kier molecular flexibility index (Phi) is 25.8. The zero-order chi connectivity index (χ0) is 67.2. The highest BCUT2D eigenvalue weighted by Crippen LogP contribution is 2.50. The number of aliphatic hydroxyl groups excluding tert-OH is 1. The van der Waals surface area contributed by atoms with E-state index in [0.717, 1.165) is 85.1 Å². The second-order valence-electron chi connectivity index (χ2n) is 25.6. The topological polar surface area (TPSA) is 311 Å². The smallest absolute Gasteiger partial charge is 0.412 e. The molecule has 1 saturated carbocycles. The molecule has 1 aromatic carbocycles. The lowest BCUT2D eigenvalue weighted by Crippen LogP contribution is -2.64. The number of alkyl carbamates (subject to hydrolysis) is 1. The summed E-state index contributed by atoms with van der Waals surface area (Å²) in [6.45, 7) is 11.0. The Morgan fingerprint density at radius 2 is 1.64 bits per heavy atom. The van der Waals surface area contributed by atoms with E-state index in [-0.39, 0.29) is 92.0 Å². The summed E-state index contributed by atoms with van der Waals surface area (Å²) in [7, 11) is 7.63. The molecule has 25 nitrogen and oxygen atoms in total. The van der Waals surface area contributed by atoms with Crippen molar-refractivity contribution in [2.45, 2.75) is 186 Å². The van der Waals surface area contributed by atoms with Gasteiger partial charge in [-0.1, -0.05) is 69.5 Å². The van der Waals surface area contributed by atoms with Crippen LogP contribution in [0.4, 0.5) is 24.9 Å². The van der Waals surface area contributed by atoms with Gasteiger partial charge in [0.15, 0.2) is 5.72 Å². The molecule has 3 heterocycles. The fourth-order valence-electron chi connectivity index (χ4n) is 12.7. The lowest BCUT2D eigenvalue weighted by Gasteiger charge is -2.43. The predicted molar refractivity (Wildman–Crippen MR) is 340 cm³/mol. The van der Waals surface area contributed by atoms with Crippen molar-refractivity contribution in [3.63, 3.8) is 0 Å². The minimum absolute atomic E-state index is 0.00352. The lowest BCUT2D eigenvalue weighted by atomic mass is 9.73. The molecule has 7 rings (SSSR count). The van der Waals surface area contributed by atoms with Crippen LogP contribution >= 0.6 is 11.8 Å². The molecule has 5 N–H and O–H groups in total. The minimum atomic E-state index is -1.75. The number of ether oxygens (including phenoxy) is 7. The van der Waals surface area contributed by atoms with Crippen molar-refractivity contribution in [1.82, 2.24) is 30.2 Å². The van der Waals surface area contributed by atoms with Crippen LogP contribution < -0.4 is 16.0 Å². The third-order valence-corrected chi connectivity index (χ3v) is 19.8. The molecular formula is C66H95N7O18S. The Balaban J connectivity index is 0.918. The summed E-state index contributed by atoms with van der Waals surface area (Å²) in [5.41, 5.74) is -0.246. The summed E-state index contributed by atoms with van der Waals surface area (Å²) in [6.07, 6.45) is 8.99. The molecular weight excluding hydrogens is 1210 g/mol. The first-order chi connectivity index (χ1) is 43.7. The number of epoxide rings is 1. The summed E-state index contributed by atoms with van der Waals surface area (Å²) < 4.78 is 41.5. The average molecular weight is 1310 g/mol. The molecule has 3 fully saturated rings. The molecule has 2 saturated heterocycles. The molecule has 3 aliphatic heterocycles. The van der Waals surface area contributed by atoms with E-state index in [0.29, 0.717) is 24.8 Å². The van der Waals surface area contributed by atoms with Gasteiger partial charge in [-0.2, -0.15) is 0 Å². The third kappa shape index (κ3) is 18.9. The molecule has 8 amide bonds. The van der Waals surface area contributed by atoms with Crippen LogP contribution in [0.3, 0.4) is 0 Å². The number of hydrogen-bond donors (Lipinski definition) is 5. The number of aliphatic hydroxyl groups is 2. The summed E-state index contributed by atoms with van der Waals surface area (Å²) in [5.74, 6) is -2.73. The molecule has 26 heteroatoms. The molecule has 4 bridgehead atoms. The van der Waals surface area contributed by atoms with Gasteiger partial charge in [-0.25, -0.2) is 19.2 Å². The number of likely N-dealkylation sites (N-methyl/N-ethyl adjacent to an activating group) is 3. The number of esters is 1. The molecule has 3 aliphatic carbocycles. The molecule has 13 atom stereocenters. The highest BCUT2D eigenvalue weighted by atomic mass is 32.2. The number of nitrogens with zero attached hydrogens (tertiary/aromatic N) is 4. The maximum absolute atomic E-state index is 14.3. The van der Waals surface area contributed by atoms with Crippen LogP contribution in [0.15, 0.2) is 65.5 Å². The first-order valence-corrected chi connectivity index (χ1v) is 33.0. The van der Waals surface area contributed by atoms with E-state index in [1.807, 2.05) is 32.9 Å². The van der Waals surface area contributed by atoms with Crippen LogP contribution in [-0.2, 0) is 58.9 Å². The summed E-state index contributed by atoms with van der Waals surface area (Å²) in [5, 5.41) is 31.8. The van der Waals surface area contributed by atoms with Gasteiger partial charge in [-0.15, -0.1) is 0 Å². The average Bonchev–Trinajstić information content (AvgIpc) is 1.57. The maximum Gasteiger partial charge on any atom is 0.412 e. The second-order valence-corrected chi connectivity index (χ2v) is 26.6. The highest BCUT2D eigenvalue weighted by Gasteiger charge is 2.64. The van der Waals surface area contributed by atoms with Gasteiger partial charge in [0, 0.05) is 97.5 Å². The number of allylic oxidation sites excluding steroid dienone is 4. The van der Waals surface area contributed by atoms with Gasteiger partial charge in [-0.05, 0) is 119 Å². The van der Waals surface area contributed by atoms with Crippen molar-refractivity contribution in [1.29, 1.82) is 0 Å². The predicted octanol–water partition coefficient (Wildman–Crippen LogP) is 7.74. The van der Waals surface area contributed by atoms with Gasteiger partial charge in [0.05, 0.1) is 30.6 Å². The number of imide groups is 1. The van der Waals surface area contributed by atoms with Crippen LogP contribution in [0.5, 0.6) is 0 Å². The number of carbonyl (C=O) groups excluding carboxylic acids is 9. The molecule has 7 unspecified atom stereocenters. The number of rotatable bonds is 19. The largest absolute Gasteiger partial charge is 0.497 e. The number of carbonyl (C=O) groups is 9. The first kappa shape index (κ1) is 72.4. The first-order valence-electron chi connectivity index (χ1n) is 32.0. The van der Waals surface area contributed by atoms with Crippen LogP contribution in [0, 0.1) is 23.7 Å². The van der Waals surface area contributed by atoms with Crippen LogP contribution in [0.1, 0.15) is 141 Å². The van der Waals surface area contributed by atoms with Crippen LogP contribution in [0.2, 0.25) is 0 Å². The number of fused-ring (bicyclic) bond motifs is 5. The molecule has 1 aromatic rings. The molecule has 0 spiro atoms. The molecule has 6 aliphatic rings. The molecule has 0 radical (unpaired) electrons. The van der Waals surface area contributed by atoms with Gasteiger partial charge in [0.1, 0.15) is 48.4 Å². The minimum Gasteiger partial charge on any atom is -0.497 e. The summed E-state index contributed by atoms with van der Waals surface area (Å²) in [6, 6.07) is 3.37. The van der Waals surface area contributed by atoms with E-state index in [4.69, 9.17) is 33.2 Å². The molecule has 0 aromatic heterocycles. The fraction of sp³-hybridized carbons (Fsp3) is 0.652. The van der Waals surface area contributed by atoms with E-state index < -0.39 is 108 Å². The van der Waals surface area contributed by atoms with E-state index in [1.54, 1.807) is 27.1 Å². The fourth-order valence-corrected chi connectivity index (χ4v) is 13.5. The number of benzene rings is 1. The lowest BCUT2D eigenvalue weighted by molar-refractivity contribution is -0.163. The van der Waals surface area contributed by atoms with Gasteiger partial charge in [-0.3, -0.25) is 39.5 Å². The zero-order valence-corrected chi connectivity index (χ0v) is 55.8. The number of amides is 8. The van der Waals surface area contributed by atoms with Crippen molar-refractivity contribution in [2.75, 3.05) is 72.6 Å².